The van der Waals surface area contributed by atoms with Gasteiger partial charge in [0.15, 0.2) is 0 Å². The molecule has 0 bridgehead atoms. The van der Waals surface area contributed by atoms with E-state index in [1.165, 1.54) is 29.4 Å². The van der Waals surface area contributed by atoms with Crippen LogP contribution in [0.1, 0.15) is 35.7 Å². The number of aromatic nitrogens is 2. The lowest BCUT2D eigenvalue weighted by molar-refractivity contribution is -0.140. The number of alkyl halides is 3. The van der Waals surface area contributed by atoms with Crippen LogP contribution in [-0.2, 0) is 17.4 Å². The summed E-state index contributed by atoms with van der Waals surface area (Å²) >= 11 is 0. The van der Waals surface area contributed by atoms with E-state index < -0.39 is 23.9 Å². The van der Waals surface area contributed by atoms with Gasteiger partial charge < -0.3 is 15.0 Å². The quantitative estimate of drug-likeness (QED) is 0.888. The summed E-state index contributed by atoms with van der Waals surface area (Å²) in [6.45, 7) is 0.0403. The molecule has 2 unspecified atom stereocenters. The topological polar surface area (TPSA) is 69.2 Å². The Morgan fingerprint density at radius 2 is 2.12 bits per heavy atom. The van der Waals surface area contributed by atoms with Crippen molar-refractivity contribution in [3.8, 4) is 0 Å². The summed E-state index contributed by atoms with van der Waals surface area (Å²) < 4.78 is 39.9. The van der Waals surface area contributed by atoms with Crippen LogP contribution < -0.4 is 0 Å². The second-order valence-corrected chi connectivity index (χ2v) is 6.11. The van der Waals surface area contributed by atoms with Crippen LogP contribution in [0.2, 0.25) is 0 Å². The number of nitrogens with zero attached hydrogens (tertiary/aromatic N) is 2. The number of rotatable bonds is 4. The molecule has 0 saturated carbocycles. The van der Waals surface area contributed by atoms with E-state index in [0.717, 1.165) is 11.8 Å². The van der Waals surface area contributed by atoms with E-state index in [1.807, 2.05) is 0 Å². The molecule has 1 aromatic heterocycles. The van der Waals surface area contributed by atoms with Gasteiger partial charge in [-0.25, -0.2) is 4.98 Å². The smallest absolute Gasteiger partial charge is 0.391 e. The number of aliphatic hydroxyl groups is 1. The molecule has 0 aliphatic carbocycles. The van der Waals surface area contributed by atoms with Crippen LogP contribution in [0, 0.1) is 0 Å². The summed E-state index contributed by atoms with van der Waals surface area (Å²) in [5.74, 6) is -0.284. The fourth-order valence-corrected chi connectivity index (χ4v) is 3.24. The van der Waals surface area contributed by atoms with Gasteiger partial charge in [-0.3, -0.25) is 4.79 Å². The molecule has 0 spiro atoms. The molecular weight excluding hydrogens is 335 g/mol. The first-order chi connectivity index (χ1) is 11.9. The molecule has 1 fully saturated rings. The number of carbonyl (C=O) groups is 1. The van der Waals surface area contributed by atoms with E-state index in [2.05, 4.69) is 9.97 Å². The molecule has 1 amide bonds. The first-order valence-electron chi connectivity index (χ1n) is 7.97. The Bertz CT molecular complexity index is 731. The Morgan fingerprint density at radius 1 is 1.36 bits per heavy atom. The van der Waals surface area contributed by atoms with Gasteiger partial charge in [-0.2, -0.15) is 13.2 Å². The minimum absolute atomic E-state index is 0.0291. The van der Waals surface area contributed by atoms with E-state index in [9.17, 15) is 23.1 Å². The Balaban J connectivity index is 1.81. The molecule has 2 aromatic rings. The zero-order valence-corrected chi connectivity index (χ0v) is 13.3. The second kappa shape index (κ2) is 6.87. The van der Waals surface area contributed by atoms with Gasteiger partial charge in [-0.1, -0.05) is 18.2 Å². The van der Waals surface area contributed by atoms with Crippen molar-refractivity contribution in [3.63, 3.8) is 0 Å². The van der Waals surface area contributed by atoms with Gasteiger partial charge in [-0.05, 0) is 24.5 Å². The van der Waals surface area contributed by atoms with E-state index in [4.69, 9.17) is 0 Å². The van der Waals surface area contributed by atoms with Crippen LogP contribution in [0.3, 0.4) is 0 Å². The van der Waals surface area contributed by atoms with Crippen LogP contribution in [0.25, 0.3) is 0 Å². The highest BCUT2D eigenvalue weighted by atomic mass is 19.4. The highest BCUT2D eigenvalue weighted by Gasteiger charge is 2.41. The largest absolute Gasteiger partial charge is 0.416 e. The highest BCUT2D eigenvalue weighted by Crippen LogP contribution is 2.40. The molecule has 0 radical (unpaired) electrons. The van der Waals surface area contributed by atoms with Gasteiger partial charge in [0.1, 0.15) is 0 Å². The number of aryl methyl sites for hydroxylation is 1. The van der Waals surface area contributed by atoms with Crippen molar-refractivity contribution in [2.75, 3.05) is 6.54 Å². The monoisotopic (exact) mass is 353 g/mol. The lowest BCUT2D eigenvalue weighted by atomic mass is 9.97. The molecule has 1 aromatic carbocycles. The Morgan fingerprint density at radius 3 is 2.80 bits per heavy atom. The Kier molecular flexibility index (Phi) is 4.80. The number of H-pyrrole nitrogens is 1. The Labute approximate surface area is 142 Å². The molecule has 2 atom stereocenters. The second-order valence-electron chi connectivity index (χ2n) is 6.11. The van der Waals surface area contributed by atoms with Crippen molar-refractivity contribution >= 4 is 5.91 Å². The van der Waals surface area contributed by atoms with Crippen LogP contribution in [0.5, 0.6) is 0 Å². The van der Waals surface area contributed by atoms with Gasteiger partial charge in [-0.15, -0.1) is 0 Å². The SMILES string of the molecule is O=C(CCc1cnc[nH]1)N1CC(O)CC1c1ccccc1C(F)(F)F. The van der Waals surface area contributed by atoms with Crippen molar-refractivity contribution in [2.45, 2.75) is 37.6 Å². The minimum Gasteiger partial charge on any atom is -0.391 e. The highest BCUT2D eigenvalue weighted by molar-refractivity contribution is 5.77. The summed E-state index contributed by atoms with van der Waals surface area (Å²) in [7, 11) is 0. The van der Waals surface area contributed by atoms with Gasteiger partial charge >= 0.3 is 6.18 Å². The number of benzene rings is 1. The first kappa shape index (κ1) is 17.5. The number of carbonyl (C=O) groups excluding carboxylic acids is 1. The summed E-state index contributed by atoms with van der Waals surface area (Å²) in [6.07, 6.45) is -1.58. The van der Waals surface area contributed by atoms with Crippen LogP contribution in [0.15, 0.2) is 36.8 Å². The molecule has 134 valence electrons. The molecule has 3 rings (SSSR count). The summed E-state index contributed by atoms with van der Waals surface area (Å²) in [5, 5.41) is 9.93. The number of hydrogen-bond donors (Lipinski definition) is 2. The number of aromatic amines is 1. The third-order valence-electron chi connectivity index (χ3n) is 4.39. The predicted molar refractivity (Wildman–Crippen MR) is 83.4 cm³/mol. The molecular formula is C17H18F3N3O2. The lowest BCUT2D eigenvalue weighted by Gasteiger charge is -2.27. The summed E-state index contributed by atoms with van der Waals surface area (Å²) in [4.78, 5) is 20.6. The van der Waals surface area contributed by atoms with Crippen LogP contribution in [0.4, 0.5) is 13.2 Å². The number of halogens is 3. The fourth-order valence-electron chi connectivity index (χ4n) is 3.24. The number of imidazole rings is 1. The number of aliphatic hydroxyl groups excluding tert-OH is 1. The van der Waals surface area contributed by atoms with Crippen molar-refractivity contribution in [1.29, 1.82) is 0 Å². The summed E-state index contributed by atoms with van der Waals surface area (Å²) in [5.41, 5.74) is 0.0437. The number of hydrogen-bond acceptors (Lipinski definition) is 3. The zero-order valence-electron chi connectivity index (χ0n) is 13.3. The maximum Gasteiger partial charge on any atom is 0.416 e. The molecule has 1 saturated heterocycles. The number of nitrogens with one attached hydrogen (secondary N) is 1. The Hall–Kier alpha value is -2.35. The minimum atomic E-state index is -4.51. The maximum absolute atomic E-state index is 13.3. The molecule has 1 aliphatic heterocycles. The normalized spacial score (nSPS) is 20.9. The summed E-state index contributed by atoms with van der Waals surface area (Å²) in [6, 6.07) is 4.45. The predicted octanol–water partition coefficient (Wildman–Crippen LogP) is 2.70. The molecule has 1 aliphatic rings. The van der Waals surface area contributed by atoms with Gasteiger partial charge in [0.25, 0.3) is 0 Å². The van der Waals surface area contributed by atoms with E-state index in [-0.39, 0.29) is 30.9 Å². The molecule has 25 heavy (non-hydrogen) atoms. The van der Waals surface area contributed by atoms with Crippen LogP contribution in [-0.4, -0.2) is 38.5 Å². The van der Waals surface area contributed by atoms with E-state index in [0.29, 0.717) is 6.42 Å². The average Bonchev–Trinajstić information content (AvgIpc) is 3.21. The number of β-amino-alcohol motifs (C(OH)–C–C–N with tert-alkyl or cyclic N) is 1. The third kappa shape index (κ3) is 3.84. The molecule has 2 N–H and O–H groups in total. The van der Waals surface area contributed by atoms with Crippen molar-refractivity contribution in [2.24, 2.45) is 0 Å². The molecule has 2 heterocycles. The number of amides is 1. The third-order valence-corrected chi connectivity index (χ3v) is 4.39. The van der Waals surface area contributed by atoms with Crippen molar-refractivity contribution in [3.05, 3.63) is 53.6 Å². The van der Waals surface area contributed by atoms with E-state index >= 15 is 0 Å². The maximum atomic E-state index is 13.3. The van der Waals surface area contributed by atoms with E-state index in [1.54, 1.807) is 6.20 Å². The van der Waals surface area contributed by atoms with Crippen molar-refractivity contribution in [1.82, 2.24) is 14.9 Å². The standard InChI is InChI=1S/C17H18F3N3O2/c18-17(19,20)14-4-2-1-3-13(14)15-7-12(24)9-23(15)16(25)6-5-11-8-21-10-22-11/h1-4,8,10,12,15,24H,5-7,9H2,(H,21,22). The van der Waals surface area contributed by atoms with Crippen LogP contribution >= 0.6 is 0 Å². The van der Waals surface area contributed by atoms with Gasteiger partial charge in [0.05, 0.1) is 24.0 Å². The first-order valence-corrected chi connectivity index (χ1v) is 7.97. The lowest BCUT2D eigenvalue weighted by Crippen LogP contribution is -2.32. The van der Waals surface area contributed by atoms with Gasteiger partial charge in [0.2, 0.25) is 5.91 Å². The van der Waals surface area contributed by atoms with Gasteiger partial charge in [0, 0.05) is 24.9 Å². The molecule has 8 heteroatoms. The average molecular weight is 353 g/mol. The molecule has 5 nitrogen and oxygen atoms in total. The zero-order chi connectivity index (χ0) is 18.0. The fraction of sp³-hybridized carbons (Fsp3) is 0.412. The van der Waals surface area contributed by atoms with Crippen molar-refractivity contribution < 1.29 is 23.1 Å². The number of likely N-dealkylation sites (tertiary alicyclic amines) is 1.